The van der Waals surface area contributed by atoms with Crippen LogP contribution in [0.2, 0.25) is 5.02 Å². The molecule has 6 nitrogen and oxygen atoms in total. The average molecular weight is 473 g/mol. The van der Waals surface area contributed by atoms with Gasteiger partial charge in [-0.15, -0.1) is 0 Å². The number of amides is 1. The minimum Gasteiger partial charge on any atom is -0.383 e. The van der Waals surface area contributed by atoms with Crippen LogP contribution in [0.3, 0.4) is 0 Å². The van der Waals surface area contributed by atoms with Crippen LogP contribution in [0.15, 0.2) is 48.5 Å². The normalized spacial score (nSPS) is 18.4. The maximum Gasteiger partial charge on any atom is 0.237 e. The largest absolute Gasteiger partial charge is 0.383 e. The van der Waals surface area contributed by atoms with Gasteiger partial charge in [0.2, 0.25) is 5.91 Å². The lowest BCUT2D eigenvalue weighted by atomic mass is 10.1. The van der Waals surface area contributed by atoms with Crippen LogP contribution in [0, 0.1) is 0 Å². The Hall–Kier alpha value is -2.12. The number of hydrogen-bond donors (Lipinski definition) is 2. The fourth-order valence-corrected chi connectivity index (χ4v) is 4.63. The van der Waals surface area contributed by atoms with Gasteiger partial charge in [0.15, 0.2) is 0 Å². The fraction of sp³-hybridized carbons (Fsp3) is 0.500. The van der Waals surface area contributed by atoms with Crippen LogP contribution in [-0.4, -0.2) is 62.8 Å². The number of carbonyl (C=O) groups is 1. The second-order valence-corrected chi connectivity index (χ2v) is 8.88. The molecule has 2 aromatic carbocycles. The summed E-state index contributed by atoms with van der Waals surface area (Å²) in [6.45, 7) is 9.60. The zero-order valence-corrected chi connectivity index (χ0v) is 20.8. The molecule has 1 saturated heterocycles. The smallest absolute Gasteiger partial charge is 0.237 e. The Morgan fingerprint density at radius 3 is 2.55 bits per heavy atom. The molecule has 0 bridgehead atoms. The lowest BCUT2D eigenvalue weighted by molar-refractivity contribution is -0.125. The van der Waals surface area contributed by atoms with Crippen molar-refractivity contribution in [1.82, 2.24) is 15.5 Å². The van der Waals surface area contributed by atoms with Gasteiger partial charge in [-0.3, -0.25) is 9.69 Å². The highest BCUT2D eigenvalue weighted by molar-refractivity contribution is 6.31. The van der Waals surface area contributed by atoms with Crippen molar-refractivity contribution in [2.24, 2.45) is 0 Å². The molecule has 0 spiro atoms. The number of likely N-dealkylation sites (tertiary alicyclic amines) is 1. The maximum absolute atomic E-state index is 13.0. The summed E-state index contributed by atoms with van der Waals surface area (Å²) in [6.07, 6.45) is 0.765. The monoisotopic (exact) mass is 472 g/mol. The maximum atomic E-state index is 13.0. The molecule has 1 amide bonds. The standard InChI is InChI=1S/C26H37ClN4O2/c1-4-30(5-2)23-12-10-20(11-13-23)18-31-19-22(16-25(31)26(32)28-14-15-33-3)29-17-21-8-6-7-9-24(21)27/h6-13,22,25,29H,4-5,14-19H2,1-3H3,(H,28,32)/t22-,25-/m0/s1. The Bertz CT molecular complexity index is 873. The van der Waals surface area contributed by atoms with Crippen molar-refractivity contribution in [3.63, 3.8) is 0 Å². The van der Waals surface area contributed by atoms with Gasteiger partial charge in [-0.05, 0) is 49.6 Å². The SMILES string of the molecule is CCN(CC)c1ccc(CN2C[C@@H](NCc3ccccc3Cl)C[C@H]2C(=O)NCCOC)cc1. The zero-order valence-electron chi connectivity index (χ0n) is 20.0. The number of benzene rings is 2. The number of halogens is 1. The van der Waals surface area contributed by atoms with Crippen LogP contribution in [-0.2, 0) is 22.6 Å². The van der Waals surface area contributed by atoms with Crippen molar-refractivity contribution >= 4 is 23.2 Å². The van der Waals surface area contributed by atoms with Crippen molar-refractivity contribution < 1.29 is 9.53 Å². The summed E-state index contributed by atoms with van der Waals surface area (Å²) in [4.78, 5) is 17.6. The third kappa shape index (κ3) is 7.18. The Labute approximate surface area is 203 Å². The first-order valence-corrected chi connectivity index (χ1v) is 12.2. The first-order chi connectivity index (χ1) is 16.0. The van der Waals surface area contributed by atoms with Gasteiger partial charge >= 0.3 is 0 Å². The van der Waals surface area contributed by atoms with E-state index < -0.39 is 0 Å². The van der Waals surface area contributed by atoms with Crippen LogP contribution in [0.25, 0.3) is 0 Å². The molecule has 1 heterocycles. The molecule has 180 valence electrons. The summed E-state index contributed by atoms with van der Waals surface area (Å²) >= 11 is 6.32. The Kier molecular flexibility index (Phi) is 10.0. The van der Waals surface area contributed by atoms with Crippen LogP contribution >= 0.6 is 11.6 Å². The number of hydrogen-bond acceptors (Lipinski definition) is 5. The van der Waals surface area contributed by atoms with E-state index in [1.165, 1.54) is 11.3 Å². The van der Waals surface area contributed by atoms with Crippen LogP contribution < -0.4 is 15.5 Å². The Morgan fingerprint density at radius 2 is 1.88 bits per heavy atom. The summed E-state index contributed by atoms with van der Waals surface area (Å²) < 4.78 is 5.09. The topological polar surface area (TPSA) is 56.8 Å². The molecule has 0 aliphatic carbocycles. The minimum atomic E-state index is -0.173. The van der Waals surface area contributed by atoms with E-state index in [4.69, 9.17) is 16.3 Å². The van der Waals surface area contributed by atoms with E-state index in [0.29, 0.717) is 19.7 Å². The van der Waals surface area contributed by atoms with Gasteiger partial charge in [0.1, 0.15) is 0 Å². The molecular formula is C26H37ClN4O2. The molecule has 7 heteroatoms. The van der Waals surface area contributed by atoms with Gasteiger partial charge in [0.05, 0.1) is 12.6 Å². The van der Waals surface area contributed by atoms with E-state index in [1.807, 2.05) is 24.3 Å². The third-order valence-electron chi connectivity index (χ3n) is 6.30. The van der Waals surface area contributed by atoms with Crippen LogP contribution in [0.1, 0.15) is 31.4 Å². The zero-order chi connectivity index (χ0) is 23.6. The summed E-state index contributed by atoms with van der Waals surface area (Å²) in [6, 6.07) is 16.6. The number of methoxy groups -OCH3 is 1. The number of carbonyl (C=O) groups excluding carboxylic acids is 1. The van der Waals surface area contributed by atoms with E-state index >= 15 is 0 Å². The summed E-state index contributed by atoms with van der Waals surface area (Å²) in [5.74, 6) is 0.0638. The van der Waals surface area contributed by atoms with Crippen molar-refractivity contribution in [3.05, 3.63) is 64.7 Å². The molecule has 1 aliphatic heterocycles. The minimum absolute atomic E-state index is 0.0638. The highest BCUT2D eigenvalue weighted by atomic mass is 35.5. The second kappa shape index (κ2) is 12.9. The molecule has 0 unspecified atom stereocenters. The van der Waals surface area contributed by atoms with E-state index in [-0.39, 0.29) is 18.0 Å². The predicted octanol–water partition coefficient (Wildman–Crippen LogP) is 3.68. The number of rotatable bonds is 12. The number of nitrogens with zero attached hydrogens (tertiary/aromatic N) is 2. The van der Waals surface area contributed by atoms with Gasteiger partial charge in [0.25, 0.3) is 0 Å². The first-order valence-electron chi connectivity index (χ1n) is 11.9. The highest BCUT2D eigenvalue weighted by Crippen LogP contribution is 2.24. The van der Waals surface area contributed by atoms with E-state index in [1.54, 1.807) is 7.11 Å². The van der Waals surface area contributed by atoms with Crippen molar-refractivity contribution in [2.45, 2.75) is 45.4 Å². The van der Waals surface area contributed by atoms with Crippen molar-refractivity contribution in [1.29, 1.82) is 0 Å². The van der Waals surface area contributed by atoms with Gasteiger partial charge in [-0.2, -0.15) is 0 Å². The van der Waals surface area contributed by atoms with Gasteiger partial charge in [-0.25, -0.2) is 0 Å². The molecule has 0 saturated carbocycles. The first kappa shape index (κ1) is 25.5. The van der Waals surface area contributed by atoms with Gasteiger partial charge in [-0.1, -0.05) is 41.9 Å². The molecule has 2 atom stereocenters. The van der Waals surface area contributed by atoms with E-state index in [9.17, 15) is 4.79 Å². The molecule has 0 aromatic heterocycles. The molecule has 0 radical (unpaired) electrons. The van der Waals surface area contributed by atoms with Crippen LogP contribution in [0.4, 0.5) is 5.69 Å². The molecule has 1 aliphatic rings. The van der Waals surface area contributed by atoms with Gasteiger partial charge < -0.3 is 20.3 Å². The highest BCUT2D eigenvalue weighted by Gasteiger charge is 2.36. The summed E-state index contributed by atoms with van der Waals surface area (Å²) in [5.41, 5.74) is 3.52. The fourth-order valence-electron chi connectivity index (χ4n) is 4.42. The number of anilines is 1. The number of nitrogens with one attached hydrogen (secondary N) is 2. The molecule has 2 N–H and O–H groups in total. The van der Waals surface area contributed by atoms with Crippen LogP contribution in [0.5, 0.6) is 0 Å². The van der Waals surface area contributed by atoms with E-state index in [0.717, 1.165) is 43.2 Å². The lowest BCUT2D eigenvalue weighted by Crippen LogP contribution is -2.43. The van der Waals surface area contributed by atoms with Gasteiger partial charge in [0, 0.05) is 63.1 Å². The molecule has 33 heavy (non-hydrogen) atoms. The number of ether oxygens (including phenoxy) is 1. The molecule has 2 aromatic rings. The van der Waals surface area contributed by atoms with Crippen molar-refractivity contribution in [2.75, 3.05) is 44.8 Å². The Morgan fingerprint density at radius 1 is 1.15 bits per heavy atom. The second-order valence-electron chi connectivity index (χ2n) is 8.47. The quantitative estimate of drug-likeness (QED) is 0.461. The molecular weight excluding hydrogens is 436 g/mol. The van der Waals surface area contributed by atoms with Crippen molar-refractivity contribution in [3.8, 4) is 0 Å². The molecule has 3 rings (SSSR count). The Balaban J connectivity index is 1.66. The summed E-state index contributed by atoms with van der Waals surface area (Å²) in [5, 5.41) is 7.40. The lowest BCUT2D eigenvalue weighted by Gasteiger charge is -2.25. The summed E-state index contributed by atoms with van der Waals surface area (Å²) in [7, 11) is 1.64. The predicted molar refractivity (Wildman–Crippen MR) is 136 cm³/mol. The third-order valence-corrected chi connectivity index (χ3v) is 6.67. The van der Waals surface area contributed by atoms with E-state index in [2.05, 4.69) is 58.5 Å². The average Bonchev–Trinajstić information content (AvgIpc) is 3.23. The molecule has 1 fully saturated rings.